The van der Waals surface area contributed by atoms with Crippen molar-refractivity contribution in [2.75, 3.05) is 36.9 Å². The molecule has 0 radical (unpaired) electrons. The predicted octanol–water partition coefficient (Wildman–Crippen LogP) is 2.04. The van der Waals surface area contributed by atoms with Gasteiger partial charge in [-0.3, -0.25) is 0 Å². The van der Waals surface area contributed by atoms with Crippen molar-refractivity contribution in [1.82, 2.24) is 4.90 Å². The van der Waals surface area contributed by atoms with E-state index in [0.717, 1.165) is 31.9 Å². The maximum atomic E-state index is 10.5. The van der Waals surface area contributed by atoms with Gasteiger partial charge in [-0.05, 0) is 25.2 Å². The van der Waals surface area contributed by atoms with Gasteiger partial charge in [0.15, 0.2) is 5.03 Å². The standard InChI is InChI=1S/C12H20N4O2/c1-3-15(4-2)10-9-13-11-7-5-6-8-12(11)14-16(17)18/h5-8,13-14H,3-4,9-10H2,1-2H3. The Kier molecular flexibility index (Phi) is 5.93. The molecule has 0 saturated carbocycles. The number of hydrogen-bond acceptors (Lipinski definition) is 4. The summed E-state index contributed by atoms with van der Waals surface area (Å²) in [6.07, 6.45) is 0. The SMILES string of the molecule is CCN(CC)CCNc1ccccc1N[N+](=O)[O-]. The van der Waals surface area contributed by atoms with Gasteiger partial charge in [-0.15, -0.1) is 5.43 Å². The molecular formula is C12H20N4O2. The molecule has 1 aromatic rings. The third-order valence-electron chi connectivity index (χ3n) is 2.78. The van der Waals surface area contributed by atoms with Crippen molar-refractivity contribution >= 4 is 11.4 Å². The first-order valence-corrected chi connectivity index (χ1v) is 6.13. The van der Waals surface area contributed by atoms with Gasteiger partial charge >= 0.3 is 0 Å². The van der Waals surface area contributed by atoms with E-state index in [2.05, 4.69) is 29.5 Å². The molecule has 18 heavy (non-hydrogen) atoms. The van der Waals surface area contributed by atoms with Gasteiger partial charge in [-0.1, -0.05) is 26.0 Å². The number of rotatable bonds is 8. The van der Waals surface area contributed by atoms with Crippen LogP contribution in [0.5, 0.6) is 0 Å². The summed E-state index contributed by atoms with van der Waals surface area (Å²) < 4.78 is 0. The Bertz CT molecular complexity index is 380. The third-order valence-corrected chi connectivity index (χ3v) is 2.78. The van der Waals surface area contributed by atoms with Crippen LogP contribution in [0.25, 0.3) is 0 Å². The molecule has 0 aliphatic rings. The molecular weight excluding hydrogens is 232 g/mol. The van der Waals surface area contributed by atoms with Gasteiger partial charge in [-0.25, -0.2) is 10.1 Å². The fourth-order valence-electron chi connectivity index (χ4n) is 1.72. The van der Waals surface area contributed by atoms with Crippen LogP contribution in [0.15, 0.2) is 24.3 Å². The normalized spacial score (nSPS) is 10.4. The summed E-state index contributed by atoms with van der Waals surface area (Å²) in [5.41, 5.74) is 3.42. The molecule has 0 unspecified atom stereocenters. The molecule has 0 fully saturated rings. The van der Waals surface area contributed by atoms with E-state index in [0.29, 0.717) is 5.69 Å². The minimum absolute atomic E-state index is 0.488. The Morgan fingerprint density at radius 1 is 1.22 bits per heavy atom. The van der Waals surface area contributed by atoms with Gasteiger partial charge in [0, 0.05) is 13.1 Å². The molecule has 0 heterocycles. The largest absolute Gasteiger partial charge is 0.382 e. The molecule has 1 rings (SSSR count). The third kappa shape index (κ3) is 4.58. The summed E-state index contributed by atoms with van der Waals surface area (Å²) in [4.78, 5) is 12.7. The van der Waals surface area contributed by atoms with Crippen molar-refractivity contribution in [1.29, 1.82) is 0 Å². The Hall–Kier alpha value is -1.82. The lowest BCUT2D eigenvalue weighted by Crippen LogP contribution is -2.28. The maximum absolute atomic E-state index is 10.5. The molecule has 6 nitrogen and oxygen atoms in total. The van der Waals surface area contributed by atoms with E-state index in [4.69, 9.17) is 0 Å². The molecule has 0 bridgehead atoms. The Morgan fingerprint density at radius 2 is 1.83 bits per heavy atom. The Balaban J connectivity index is 2.53. The minimum Gasteiger partial charge on any atom is -0.382 e. The highest BCUT2D eigenvalue weighted by molar-refractivity contribution is 5.67. The van der Waals surface area contributed by atoms with Crippen molar-refractivity contribution in [2.45, 2.75) is 13.8 Å². The summed E-state index contributed by atoms with van der Waals surface area (Å²) in [6.45, 7) is 7.93. The Morgan fingerprint density at radius 3 is 2.39 bits per heavy atom. The highest BCUT2D eigenvalue weighted by Crippen LogP contribution is 2.20. The zero-order valence-electron chi connectivity index (χ0n) is 10.8. The van der Waals surface area contributed by atoms with Crippen LogP contribution in [-0.2, 0) is 0 Å². The molecule has 2 N–H and O–H groups in total. The molecule has 1 aromatic carbocycles. The van der Waals surface area contributed by atoms with E-state index < -0.39 is 5.03 Å². The molecule has 0 atom stereocenters. The lowest BCUT2D eigenvalue weighted by Gasteiger charge is -2.18. The predicted molar refractivity (Wildman–Crippen MR) is 73.3 cm³/mol. The van der Waals surface area contributed by atoms with Gasteiger partial charge in [0.2, 0.25) is 0 Å². The first-order valence-electron chi connectivity index (χ1n) is 6.13. The molecule has 0 aliphatic carbocycles. The summed E-state index contributed by atoms with van der Waals surface area (Å²) >= 11 is 0. The van der Waals surface area contributed by atoms with Crippen LogP contribution in [0.4, 0.5) is 11.4 Å². The molecule has 0 aromatic heterocycles. The van der Waals surface area contributed by atoms with E-state index in [-0.39, 0.29) is 0 Å². The summed E-state index contributed by atoms with van der Waals surface area (Å²) in [5.74, 6) is 0. The van der Waals surface area contributed by atoms with Crippen LogP contribution in [0.3, 0.4) is 0 Å². The monoisotopic (exact) mass is 252 g/mol. The van der Waals surface area contributed by atoms with E-state index in [1.807, 2.05) is 12.1 Å². The highest BCUT2D eigenvalue weighted by atomic mass is 16.7. The summed E-state index contributed by atoms with van der Waals surface area (Å²) in [5, 5.41) is 13.1. The average molecular weight is 252 g/mol. The zero-order chi connectivity index (χ0) is 13.4. The molecule has 0 aliphatic heterocycles. The van der Waals surface area contributed by atoms with Crippen LogP contribution in [0.1, 0.15) is 13.8 Å². The summed E-state index contributed by atoms with van der Waals surface area (Å²) in [6, 6.07) is 7.13. The number of nitrogens with zero attached hydrogens (tertiary/aromatic N) is 2. The van der Waals surface area contributed by atoms with Gasteiger partial charge in [0.25, 0.3) is 0 Å². The second-order valence-electron chi connectivity index (χ2n) is 3.87. The average Bonchev–Trinajstić information content (AvgIpc) is 2.36. The topological polar surface area (TPSA) is 70.4 Å². The van der Waals surface area contributed by atoms with E-state index in [1.54, 1.807) is 12.1 Å². The van der Waals surface area contributed by atoms with E-state index in [9.17, 15) is 10.1 Å². The van der Waals surface area contributed by atoms with Crippen LogP contribution in [-0.4, -0.2) is 36.1 Å². The maximum Gasteiger partial charge on any atom is 0.162 e. The fourth-order valence-corrected chi connectivity index (χ4v) is 1.72. The number of likely N-dealkylation sites (N-methyl/N-ethyl adjacent to an activating group) is 1. The first kappa shape index (κ1) is 14.2. The smallest absolute Gasteiger partial charge is 0.162 e. The number of nitro groups is 1. The van der Waals surface area contributed by atoms with Crippen molar-refractivity contribution in [3.63, 3.8) is 0 Å². The molecule has 6 heteroatoms. The minimum atomic E-state index is -0.551. The number of para-hydroxylation sites is 2. The number of benzene rings is 1. The van der Waals surface area contributed by atoms with Crippen LogP contribution in [0, 0.1) is 10.1 Å². The van der Waals surface area contributed by atoms with Crippen molar-refractivity contribution in [2.24, 2.45) is 0 Å². The molecule has 0 spiro atoms. The van der Waals surface area contributed by atoms with Gasteiger partial charge < -0.3 is 10.2 Å². The summed E-state index contributed by atoms with van der Waals surface area (Å²) in [7, 11) is 0. The van der Waals surface area contributed by atoms with Crippen LogP contribution < -0.4 is 10.7 Å². The van der Waals surface area contributed by atoms with Crippen LogP contribution in [0.2, 0.25) is 0 Å². The van der Waals surface area contributed by atoms with Gasteiger partial charge in [0.1, 0.15) is 5.69 Å². The van der Waals surface area contributed by atoms with Crippen molar-refractivity contribution < 1.29 is 5.03 Å². The number of hydrogen-bond donors (Lipinski definition) is 2. The Labute approximate surface area is 107 Å². The van der Waals surface area contributed by atoms with Crippen LogP contribution >= 0.6 is 0 Å². The van der Waals surface area contributed by atoms with E-state index in [1.165, 1.54) is 0 Å². The molecule has 0 amide bonds. The molecule has 100 valence electrons. The second kappa shape index (κ2) is 7.50. The first-order chi connectivity index (χ1) is 8.67. The quantitative estimate of drug-likeness (QED) is 0.547. The zero-order valence-corrected chi connectivity index (χ0v) is 10.8. The number of hydrazine groups is 1. The fraction of sp³-hybridized carbons (Fsp3) is 0.500. The lowest BCUT2D eigenvalue weighted by molar-refractivity contribution is -0.445. The lowest BCUT2D eigenvalue weighted by atomic mass is 10.2. The van der Waals surface area contributed by atoms with Crippen molar-refractivity contribution in [3.8, 4) is 0 Å². The number of nitrogens with one attached hydrogen (secondary N) is 2. The van der Waals surface area contributed by atoms with Gasteiger partial charge in [0.05, 0.1) is 5.69 Å². The van der Waals surface area contributed by atoms with Crippen molar-refractivity contribution in [3.05, 3.63) is 34.4 Å². The second-order valence-corrected chi connectivity index (χ2v) is 3.87. The van der Waals surface area contributed by atoms with E-state index >= 15 is 0 Å². The number of anilines is 2. The van der Waals surface area contributed by atoms with Gasteiger partial charge in [-0.2, -0.15) is 0 Å². The highest BCUT2D eigenvalue weighted by Gasteiger charge is 2.06. The molecule has 0 saturated heterocycles.